The molecule has 200 valence electrons. The van der Waals surface area contributed by atoms with Crippen LogP contribution in [-0.4, -0.2) is 60.6 Å². The number of halogens is 1. The van der Waals surface area contributed by atoms with Crippen molar-refractivity contribution in [1.29, 1.82) is 0 Å². The smallest absolute Gasteiger partial charge is 0.227 e. The number of hydrogen-bond acceptors (Lipinski definition) is 4. The van der Waals surface area contributed by atoms with E-state index in [1.54, 1.807) is 0 Å². The molecule has 4 aliphatic rings. The van der Waals surface area contributed by atoms with Crippen molar-refractivity contribution < 1.29 is 18.0 Å². The molecule has 4 saturated carbocycles. The van der Waals surface area contributed by atoms with Crippen LogP contribution in [0.3, 0.4) is 0 Å². The number of hydrogen-bond donors (Lipinski definition) is 1. The molecule has 1 N–H and O–H groups in total. The Hall–Kier alpha value is -0.820. The molecule has 0 spiro atoms. The van der Waals surface area contributed by atoms with E-state index < -0.39 is 9.84 Å². The van der Waals surface area contributed by atoms with Crippen LogP contribution in [0.2, 0.25) is 0 Å². The highest BCUT2D eigenvalue weighted by molar-refractivity contribution is 7.92. The molecule has 0 saturated heterocycles. The summed E-state index contributed by atoms with van der Waals surface area (Å²) < 4.78 is 25.1. The monoisotopic (exact) mass is 528 g/mol. The van der Waals surface area contributed by atoms with Crippen LogP contribution in [0, 0.1) is 23.7 Å². The van der Waals surface area contributed by atoms with Gasteiger partial charge in [0, 0.05) is 30.9 Å². The Balaban J connectivity index is 1.18. The fraction of sp³-hybridized carbons (Fsp3) is 0.926. The van der Waals surface area contributed by atoms with Gasteiger partial charge in [-0.3, -0.25) is 9.59 Å². The summed E-state index contributed by atoms with van der Waals surface area (Å²) in [5, 5.41) is 2.70. The van der Waals surface area contributed by atoms with Gasteiger partial charge in [-0.15, -0.1) is 11.6 Å². The number of carbonyl (C=O) groups excluding carboxylic acids is 2. The van der Waals surface area contributed by atoms with Crippen molar-refractivity contribution in [1.82, 2.24) is 10.2 Å². The van der Waals surface area contributed by atoms with Gasteiger partial charge < -0.3 is 10.2 Å². The van der Waals surface area contributed by atoms with Gasteiger partial charge in [0.2, 0.25) is 11.8 Å². The molecule has 0 heterocycles. The molecule has 2 amide bonds. The number of carbonyl (C=O) groups is 2. The molecular weight excluding hydrogens is 484 g/mol. The first-order valence-electron chi connectivity index (χ1n) is 14.1. The van der Waals surface area contributed by atoms with Crippen LogP contribution in [-0.2, 0) is 19.4 Å². The summed E-state index contributed by atoms with van der Waals surface area (Å²) >= 11 is 6.71. The van der Waals surface area contributed by atoms with Gasteiger partial charge in [0.1, 0.15) is 0 Å². The molecule has 0 radical (unpaired) electrons. The predicted octanol–water partition coefficient (Wildman–Crippen LogP) is 4.69. The van der Waals surface area contributed by atoms with Crippen molar-refractivity contribution in [2.75, 3.05) is 12.8 Å². The molecule has 5 unspecified atom stereocenters. The molecule has 4 aliphatic carbocycles. The Labute approximate surface area is 217 Å². The number of amides is 2. The topological polar surface area (TPSA) is 83.6 Å². The van der Waals surface area contributed by atoms with Crippen LogP contribution in [0.1, 0.15) is 96.8 Å². The first-order chi connectivity index (χ1) is 16.6. The maximum Gasteiger partial charge on any atom is 0.227 e. The van der Waals surface area contributed by atoms with Crippen LogP contribution in [0.4, 0.5) is 0 Å². The molecule has 4 rings (SSSR count). The highest BCUT2D eigenvalue weighted by Crippen LogP contribution is 2.37. The largest absolute Gasteiger partial charge is 0.353 e. The summed E-state index contributed by atoms with van der Waals surface area (Å²) in [7, 11) is -1.03. The van der Waals surface area contributed by atoms with Crippen molar-refractivity contribution in [2.24, 2.45) is 23.7 Å². The maximum absolute atomic E-state index is 13.2. The summed E-state index contributed by atoms with van der Waals surface area (Å²) in [4.78, 5) is 27.9. The van der Waals surface area contributed by atoms with E-state index in [1.807, 2.05) is 11.9 Å². The van der Waals surface area contributed by atoms with Gasteiger partial charge in [-0.2, -0.15) is 0 Å². The zero-order valence-electron chi connectivity index (χ0n) is 21.6. The minimum atomic E-state index is -2.98. The standard InChI is InChI=1S/C27H45ClN2O4S/c1-18-5-3-4-6-25(18)30(2)27(32)23-14-11-21(16-24(23)28)29-26(31)15-19-9-12-22(13-10-19)35(33,34)17-20-7-8-20/h18-25H,3-17H2,1-2H3,(H,29,31). The third-order valence-electron chi connectivity index (χ3n) is 9.31. The molecule has 5 atom stereocenters. The highest BCUT2D eigenvalue weighted by Gasteiger charge is 2.39. The fourth-order valence-electron chi connectivity index (χ4n) is 6.81. The lowest BCUT2D eigenvalue weighted by Gasteiger charge is -2.40. The number of nitrogens with zero attached hydrogens (tertiary/aromatic N) is 1. The predicted molar refractivity (Wildman–Crippen MR) is 140 cm³/mol. The summed E-state index contributed by atoms with van der Waals surface area (Å²) in [6, 6.07) is 0.333. The Kier molecular flexibility index (Phi) is 9.10. The van der Waals surface area contributed by atoms with Gasteiger partial charge in [-0.1, -0.05) is 19.8 Å². The molecule has 0 aliphatic heterocycles. The van der Waals surface area contributed by atoms with Gasteiger partial charge in [0.15, 0.2) is 9.84 Å². The minimum Gasteiger partial charge on any atom is -0.353 e. The van der Waals surface area contributed by atoms with Crippen molar-refractivity contribution >= 4 is 33.3 Å². The Morgan fingerprint density at radius 2 is 1.57 bits per heavy atom. The summed E-state index contributed by atoms with van der Waals surface area (Å²) in [6.45, 7) is 2.25. The summed E-state index contributed by atoms with van der Waals surface area (Å²) in [5.41, 5.74) is 0. The molecule has 6 nitrogen and oxygen atoms in total. The van der Waals surface area contributed by atoms with E-state index in [1.165, 1.54) is 19.3 Å². The van der Waals surface area contributed by atoms with Gasteiger partial charge in [0.05, 0.1) is 16.9 Å². The van der Waals surface area contributed by atoms with Crippen molar-refractivity contribution in [3.05, 3.63) is 0 Å². The summed E-state index contributed by atoms with van der Waals surface area (Å²) in [6.07, 6.45) is 12.4. The van der Waals surface area contributed by atoms with Crippen LogP contribution >= 0.6 is 11.6 Å². The lowest BCUT2D eigenvalue weighted by Crippen LogP contribution is -2.50. The van der Waals surface area contributed by atoms with E-state index in [0.29, 0.717) is 55.7 Å². The van der Waals surface area contributed by atoms with Gasteiger partial charge >= 0.3 is 0 Å². The first kappa shape index (κ1) is 27.2. The van der Waals surface area contributed by atoms with E-state index in [2.05, 4.69) is 12.2 Å². The van der Waals surface area contributed by atoms with Crippen LogP contribution in [0.15, 0.2) is 0 Å². The number of nitrogens with one attached hydrogen (secondary N) is 1. The second kappa shape index (κ2) is 11.7. The Morgan fingerprint density at radius 3 is 2.20 bits per heavy atom. The lowest BCUT2D eigenvalue weighted by molar-refractivity contribution is -0.139. The molecular formula is C27H45ClN2O4S. The minimum absolute atomic E-state index is 0.0169. The Morgan fingerprint density at radius 1 is 0.914 bits per heavy atom. The summed E-state index contributed by atoms with van der Waals surface area (Å²) in [5.74, 6) is 1.60. The van der Waals surface area contributed by atoms with E-state index in [-0.39, 0.29) is 40.3 Å². The molecule has 35 heavy (non-hydrogen) atoms. The lowest BCUT2D eigenvalue weighted by atomic mass is 9.81. The van der Waals surface area contributed by atoms with E-state index in [0.717, 1.165) is 38.5 Å². The average molecular weight is 529 g/mol. The SMILES string of the molecule is CC1CCCCC1N(C)C(=O)C1CCC(NC(=O)CC2CCC(S(=O)(=O)CC3CC3)CC2)CC1Cl. The van der Waals surface area contributed by atoms with Crippen LogP contribution in [0.25, 0.3) is 0 Å². The number of alkyl halides is 1. The van der Waals surface area contributed by atoms with Crippen molar-refractivity contribution in [3.63, 3.8) is 0 Å². The quantitative estimate of drug-likeness (QED) is 0.463. The van der Waals surface area contributed by atoms with Gasteiger partial charge in [0.25, 0.3) is 0 Å². The molecule has 0 bridgehead atoms. The Bertz CT molecular complexity index is 853. The number of rotatable bonds is 8. The fourth-order valence-corrected chi connectivity index (χ4v) is 9.52. The van der Waals surface area contributed by atoms with Gasteiger partial charge in [-0.05, 0) is 88.4 Å². The number of sulfone groups is 1. The van der Waals surface area contributed by atoms with E-state index in [9.17, 15) is 18.0 Å². The van der Waals surface area contributed by atoms with Crippen LogP contribution in [0.5, 0.6) is 0 Å². The van der Waals surface area contributed by atoms with Crippen LogP contribution < -0.4 is 5.32 Å². The van der Waals surface area contributed by atoms with Crippen molar-refractivity contribution in [2.45, 2.75) is 120 Å². The third-order valence-corrected chi connectivity index (χ3v) is 12.2. The maximum atomic E-state index is 13.2. The first-order valence-corrected chi connectivity index (χ1v) is 16.2. The third kappa shape index (κ3) is 7.15. The molecule has 0 aromatic heterocycles. The molecule has 0 aromatic carbocycles. The normalized spacial score (nSPS) is 36.4. The molecule has 8 heteroatoms. The van der Waals surface area contributed by atoms with Crippen molar-refractivity contribution in [3.8, 4) is 0 Å². The highest BCUT2D eigenvalue weighted by atomic mass is 35.5. The van der Waals surface area contributed by atoms with E-state index in [4.69, 9.17) is 11.6 Å². The average Bonchev–Trinajstić information content (AvgIpc) is 3.62. The zero-order valence-corrected chi connectivity index (χ0v) is 23.2. The molecule has 4 fully saturated rings. The molecule has 0 aromatic rings. The van der Waals surface area contributed by atoms with Gasteiger partial charge in [-0.25, -0.2) is 8.42 Å². The second-order valence-electron chi connectivity index (χ2n) is 12.1. The van der Waals surface area contributed by atoms with E-state index >= 15 is 0 Å². The zero-order chi connectivity index (χ0) is 25.2. The second-order valence-corrected chi connectivity index (χ2v) is 15.0.